The minimum Gasteiger partial charge on any atom is -0.449 e. The number of piperazine rings is 1. The fourth-order valence-corrected chi connectivity index (χ4v) is 3.80. The van der Waals surface area contributed by atoms with E-state index in [1.807, 2.05) is 26.0 Å². The lowest BCUT2D eigenvalue weighted by molar-refractivity contribution is -0.126. The number of rotatable bonds is 4. The molecule has 4 rings (SSSR count). The molecule has 7 heteroatoms. The average Bonchev–Trinajstić information content (AvgIpc) is 3.43. The summed E-state index contributed by atoms with van der Waals surface area (Å²) in [5, 5.41) is 4.43. The second-order valence-electron chi connectivity index (χ2n) is 7.46. The lowest BCUT2D eigenvalue weighted by Crippen LogP contribution is -2.55. The van der Waals surface area contributed by atoms with Gasteiger partial charge >= 0.3 is 0 Å². The quantitative estimate of drug-likeness (QED) is 0.873. The van der Waals surface area contributed by atoms with Gasteiger partial charge in [-0.25, -0.2) is 0 Å². The Morgan fingerprint density at radius 1 is 1.22 bits per heavy atom. The molecule has 1 aliphatic carbocycles. The standard InChI is InChI=1S/C20H24ClN3O3/c1-12-15-4-3-5-16(21)18(15)27-17(12)20(26)24-10-8-23(9-11-24)13(2)19(25)22-14-6-7-14/h3-5,13-14H,6-11H2,1-2H3,(H,22,25). The molecular formula is C20H24ClN3O3. The molecule has 1 aromatic carbocycles. The topological polar surface area (TPSA) is 65.8 Å². The van der Waals surface area contributed by atoms with E-state index in [1.165, 1.54) is 0 Å². The van der Waals surface area contributed by atoms with Crippen molar-refractivity contribution in [3.63, 3.8) is 0 Å². The molecule has 6 nitrogen and oxygen atoms in total. The number of aryl methyl sites for hydroxylation is 1. The first kappa shape index (κ1) is 18.3. The molecule has 2 aliphatic rings. The highest BCUT2D eigenvalue weighted by Gasteiger charge is 2.32. The van der Waals surface area contributed by atoms with Crippen LogP contribution in [0.1, 0.15) is 35.9 Å². The molecule has 2 amide bonds. The fourth-order valence-electron chi connectivity index (χ4n) is 3.58. The van der Waals surface area contributed by atoms with Crippen LogP contribution in [0.4, 0.5) is 0 Å². The van der Waals surface area contributed by atoms with E-state index in [9.17, 15) is 9.59 Å². The third-order valence-corrected chi connectivity index (χ3v) is 5.86. The van der Waals surface area contributed by atoms with Gasteiger partial charge in [-0.1, -0.05) is 23.7 Å². The summed E-state index contributed by atoms with van der Waals surface area (Å²) in [4.78, 5) is 29.1. The van der Waals surface area contributed by atoms with E-state index in [0.717, 1.165) is 23.8 Å². The second kappa shape index (κ2) is 7.17. The van der Waals surface area contributed by atoms with Crippen molar-refractivity contribution in [1.82, 2.24) is 15.1 Å². The molecule has 1 atom stereocenters. The number of nitrogens with one attached hydrogen (secondary N) is 1. The van der Waals surface area contributed by atoms with E-state index < -0.39 is 0 Å². The maximum Gasteiger partial charge on any atom is 0.289 e. The number of hydrogen-bond donors (Lipinski definition) is 1. The molecule has 144 valence electrons. The van der Waals surface area contributed by atoms with Crippen molar-refractivity contribution in [2.24, 2.45) is 0 Å². The van der Waals surface area contributed by atoms with Crippen molar-refractivity contribution in [3.8, 4) is 0 Å². The number of benzene rings is 1. The van der Waals surface area contributed by atoms with E-state index in [4.69, 9.17) is 16.0 Å². The molecule has 0 bridgehead atoms. The first-order chi connectivity index (χ1) is 13.0. The molecule has 1 saturated carbocycles. The van der Waals surface area contributed by atoms with Crippen molar-refractivity contribution in [2.45, 2.75) is 38.8 Å². The SMILES string of the molecule is Cc1c(C(=O)N2CCN(C(C)C(=O)NC3CC3)CC2)oc2c(Cl)cccc12. The molecular weight excluding hydrogens is 366 g/mol. The van der Waals surface area contributed by atoms with Gasteiger partial charge in [0.1, 0.15) is 0 Å². The van der Waals surface area contributed by atoms with Gasteiger partial charge in [-0.05, 0) is 32.8 Å². The van der Waals surface area contributed by atoms with Gasteiger partial charge in [-0.2, -0.15) is 0 Å². The molecule has 1 N–H and O–H groups in total. The van der Waals surface area contributed by atoms with Crippen LogP contribution in [-0.4, -0.2) is 59.9 Å². The van der Waals surface area contributed by atoms with Crippen LogP contribution in [0.25, 0.3) is 11.0 Å². The van der Waals surface area contributed by atoms with E-state index >= 15 is 0 Å². The maximum absolute atomic E-state index is 13.0. The summed E-state index contributed by atoms with van der Waals surface area (Å²) in [5.41, 5.74) is 1.38. The van der Waals surface area contributed by atoms with E-state index in [-0.39, 0.29) is 17.9 Å². The average molecular weight is 390 g/mol. The Balaban J connectivity index is 1.42. The van der Waals surface area contributed by atoms with Crippen LogP contribution < -0.4 is 5.32 Å². The molecule has 2 heterocycles. The first-order valence-electron chi connectivity index (χ1n) is 9.47. The number of carbonyl (C=O) groups excluding carboxylic acids is 2. The molecule has 1 aliphatic heterocycles. The highest BCUT2D eigenvalue weighted by molar-refractivity contribution is 6.35. The molecule has 2 fully saturated rings. The number of para-hydroxylation sites is 1. The minimum atomic E-state index is -0.172. The van der Waals surface area contributed by atoms with Gasteiger partial charge < -0.3 is 14.6 Å². The summed E-state index contributed by atoms with van der Waals surface area (Å²) < 4.78 is 5.81. The Hall–Kier alpha value is -2.05. The van der Waals surface area contributed by atoms with Gasteiger partial charge in [0.2, 0.25) is 5.91 Å². The van der Waals surface area contributed by atoms with Crippen LogP contribution in [-0.2, 0) is 4.79 Å². The van der Waals surface area contributed by atoms with Crippen molar-refractivity contribution >= 4 is 34.4 Å². The van der Waals surface area contributed by atoms with Crippen LogP contribution in [0.3, 0.4) is 0 Å². The van der Waals surface area contributed by atoms with Crippen LogP contribution in [0.5, 0.6) is 0 Å². The second-order valence-corrected chi connectivity index (χ2v) is 7.87. The summed E-state index contributed by atoms with van der Waals surface area (Å²) in [7, 11) is 0. The van der Waals surface area contributed by atoms with Crippen molar-refractivity contribution in [2.75, 3.05) is 26.2 Å². The van der Waals surface area contributed by atoms with Crippen molar-refractivity contribution < 1.29 is 14.0 Å². The Labute approximate surface area is 163 Å². The van der Waals surface area contributed by atoms with Gasteiger partial charge in [0.15, 0.2) is 11.3 Å². The Kier molecular flexibility index (Phi) is 4.86. The molecule has 0 radical (unpaired) electrons. The van der Waals surface area contributed by atoms with Gasteiger partial charge in [0, 0.05) is 43.2 Å². The lowest BCUT2D eigenvalue weighted by Gasteiger charge is -2.37. The predicted octanol–water partition coefficient (Wildman–Crippen LogP) is 2.82. The highest BCUT2D eigenvalue weighted by Crippen LogP contribution is 2.31. The smallest absolute Gasteiger partial charge is 0.289 e. The highest BCUT2D eigenvalue weighted by atomic mass is 35.5. The number of carbonyl (C=O) groups is 2. The number of amides is 2. The van der Waals surface area contributed by atoms with E-state index in [0.29, 0.717) is 48.6 Å². The molecule has 1 aromatic heterocycles. The number of nitrogens with zero attached hydrogens (tertiary/aromatic N) is 2. The number of hydrogen-bond acceptors (Lipinski definition) is 4. The normalized spacial score (nSPS) is 19.3. The number of furan rings is 1. The van der Waals surface area contributed by atoms with Crippen molar-refractivity contribution in [3.05, 3.63) is 34.5 Å². The predicted molar refractivity (Wildman–Crippen MR) is 104 cm³/mol. The van der Waals surface area contributed by atoms with Gasteiger partial charge in [-0.3, -0.25) is 14.5 Å². The van der Waals surface area contributed by atoms with Crippen LogP contribution in [0.2, 0.25) is 5.02 Å². The summed E-state index contributed by atoms with van der Waals surface area (Å²) in [6.45, 7) is 6.31. The molecule has 1 unspecified atom stereocenters. The third kappa shape index (κ3) is 3.56. The van der Waals surface area contributed by atoms with Crippen LogP contribution in [0, 0.1) is 6.92 Å². The van der Waals surface area contributed by atoms with Crippen LogP contribution >= 0.6 is 11.6 Å². The number of fused-ring (bicyclic) bond motifs is 1. The fraction of sp³-hybridized carbons (Fsp3) is 0.500. The Morgan fingerprint density at radius 2 is 1.93 bits per heavy atom. The maximum atomic E-state index is 13.0. The zero-order valence-corrected chi connectivity index (χ0v) is 16.4. The lowest BCUT2D eigenvalue weighted by atomic mass is 10.1. The Morgan fingerprint density at radius 3 is 2.56 bits per heavy atom. The Bertz CT molecular complexity index is 882. The summed E-state index contributed by atoms with van der Waals surface area (Å²) in [6.07, 6.45) is 2.17. The summed E-state index contributed by atoms with van der Waals surface area (Å²) in [6, 6.07) is 5.72. The molecule has 1 saturated heterocycles. The first-order valence-corrected chi connectivity index (χ1v) is 9.85. The third-order valence-electron chi connectivity index (χ3n) is 5.56. The minimum absolute atomic E-state index is 0.0834. The molecule has 0 spiro atoms. The van der Waals surface area contributed by atoms with Gasteiger partial charge in [0.25, 0.3) is 5.91 Å². The largest absolute Gasteiger partial charge is 0.449 e. The molecule has 27 heavy (non-hydrogen) atoms. The van der Waals surface area contributed by atoms with E-state index in [1.54, 1.807) is 11.0 Å². The van der Waals surface area contributed by atoms with Gasteiger partial charge in [-0.15, -0.1) is 0 Å². The van der Waals surface area contributed by atoms with Gasteiger partial charge in [0.05, 0.1) is 11.1 Å². The zero-order valence-electron chi connectivity index (χ0n) is 15.6. The van der Waals surface area contributed by atoms with Crippen LogP contribution in [0.15, 0.2) is 22.6 Å². The van der Waals surface area contributed by atoms with E-state index in [2.05, 4.69) is 10.2 Å². The monoisotopic (exact) mass is 389 g/mol. The number of halogens is 1. The summed E-state index contributed by atoms with van der Waals surface area (Å²) >= 11 is 6.19. The van der Waals surface area contributed by atoms with Crippen molar-refractivity contribution in [1.29, 1.82) is 0 Å². The zero-order chi connectivity index (χ0) is 19.1. The molecule has 2 aromatic rings. The summed E-state index contributed by atoms with van der Waals surface area (Å²) in [5.74, 6) is 0.320.